The summed E-state index contributed by atoms with van der Waals surface area (Å²) < 4.78 is 11.4. The molecule has 3 N–H and O–H groups in total. The maximum absolute atomic E-state index is 13.2. The van der Waals surface area contributed by atoms with Crippen LogP contribution in [0.5, 0.6) is 11.5 Å². The van der Waals surface area contributed by atoms with Crippen LogP contribution in [0.15, 0.2) is 54.7 Å². The van der Waals surface area contributed by atoms with Crippen LogP contribution in [0.2, 0.25) is 5.02 Å². The van der Waals surface area contributed by atoms with E-state index in [2.05, 4.69) is 22.5 Å². The quantitative estimate of drug-likeness (QED) is 0.548. The van der Waals surface area contributed by atoms with E-state index in [9.17, 15) is 4.79 Å². The van der Waals surface area contributed by atoms with E-state index in [1.807, 2.05) is 32.0 Å². The summed E-state index contributed by atoms with van der Waals surface area (Å²) in [7, 11) is 0. The van der Waals surface area contributed by atoms with Crippen LogP contribution in [0.4, 0.5) is 5.69 Å². The largest absolute Gasteiger partial charge is 0.490 e. The van der Waals surface area contributed by atoms with E-state index in [4.69, 9.17) is 33.3 Å². The fourth-order valence-corrected chi connectivity index (χ4v) is 3.75. The molecule has 1 amide bonds. The summed E-state index contributed by atoms with van der Waals surface area (Å²) in [6.45, 7) is 8.85. The molecule has 0 saturated carbocycles. The van der Waals surface area contributed by atoms with Gasteiger partial charge < -0.3 is 25.4 Å². The van der Waals surface area contributed by atoms with Gasteiger partial charge in [0.2, 0.25) is 5.91 Å². The number of anilines is 1. The molecule has 1 aliphatic heterocycles. The zero-order valence-corrected chi connectivity index (χ0v) is 18.4. The fraction of sp³-hybridized carbons (Fsp3) is 0.273. The lowest BCUT2D eigenvalue weighted by Gasteiger charge is -2.35. The predicted octanol–water partition coefficient (Wildman–Crippen LogP) is 4.42. The molecule has 8 heteroatoms. The Morgan fingerprint density at radius 2 is 1.87 bits per heavy atom. The number of ether oxygens (including phenoxy) is 2. The highest BCUT2D eigenvalue weighted by Gasteiger charge is 2.37. The molecule has 0 aromatic heterocycles. The molecule has 2 aromatic carbocycles. The molecule has 1 fully saturated rings. The molecule has 1 aliphatic rings. The van der Waals surface area contributed by atoms with Crippen LogP contribution in [0, 0.1) is 5.92 Å². The first-order valence-corrected chi connectivity index (χ1v) is 10.4. The number of benzene rings is 2. The third-order valence-electron chi connectivity index (χ3n) is 4.61. The lowest BCUT2D eigenvalue weighted by Crippen LogP contribution is -2.51. The minimum Gasteiger partial charge on any atom is -0.490 e. The minimum atomic E-state index is -0.639. The van der Waals surface area contributed by atoms with Gasteiger partial charge in [0.1, 0.15) is 5.92 Å². The Bertz CT molecular complexity index is 966. The van der Waals surface area contributed by atoms with Crippen LogP contribution in [0.3, 0.4) is 0 Å². The number of amides is 1. The van der Waals surface area contributed by atoms with Crippen molar-refractivity contribution < 1.29 is 14.3 Å². The topological polar surface area (TPSA) is 71.6 Å². The third kappa shape index (κ3) is 4.86. The van der Waals surface area contributed by atoms with Crippen LogP contribution in [-0.2, 0) is 4.79 Å². The number of nitrogens with one attached hydrogen (secondary N) is 3. The van der Waals surface area contributed by atoms with E-state index in [-0.39, 0.29) is 5.91 Å². The van der Waals surface area contributed by atoms with Gasteiger partial charge in [0.05, 0.1) is 30.0 Å². The van der Waals surface area contributed by atoms with Crippen molar-refractivity contribution in [1.29, 1.82) is 0 Å². The van der Waals surface area contributed by atoms with Gasteiger partial charge >= 0.3 is 0 Å². The van der Waals surface area contributed by atoms with E-state index >= 15 is 0 Å². The maximum atomic E-state index is 13.2. The molecule has 2 atom stereocenters. The van der Waals surface area contributed by atoms with Crippen molar-refractivity contribution in [3.05, 3.63) is 65.3 Å². The second kappa shape index (κ2) is 9.82. The smallest absolute Gasteiger partial charge is 0.235 e. The number of para-hydroxylation sites is 1. The number of hydrogen-bond acceptors (Lipinski definition) is 4. The molecule has 0 aliphatic carbocycles. The molecule has 3 rings (SSSR count). The van der Waals surface area contributed by atoms with Gasteiger partial charge in [-0.15, -0.1) is 0 Å². The summed E-state index contributed by atoms with van der Waals surface area (Å²) >= 11 is 11.5. The van der Waals surface area contributed by atoms with Gasteiger partial charge in [-0.05, 0) is 55.9 Å². The lowest BCUT2D eigenvalue weighted by molar-refractivity contribution is -0.119. The Morgan fingerprint density at radius 3 is 2.57 bits per heavy atom. The molecular formula is C22H24ClN3O3S. The number of halogens is 1. The van der Waals surface area contributed by atoms with Crippen LogP contribution < -0.4 is 25.4 Å². The molecule has 0 unspecified atom stereocenters. The minimum absolute atomic E-state index is 0.257. The van der Waals surface area contributed by atoms with E-state index < -0.39 is 12.0 Å². The average Bonchev–Trinajstić information content (AvgIpc) is 2.70. The summed E-state index contributed by atoms with van der Waals surface area (Å²) in [6, 6.07) is 12.2. The zero-order valence-electron chi connectivity index (χ0n) is 16.8. The molecule has 1 heterocycles. The Labute approximate surface area is 186 Å². The highest BCUT2D eigenvalue weighted by atomic mass is 35.5. The first-order chi connectivity index (χ1) is 14.4. The highest BCUT2D eigenvalue weighted by Crippen LogP contribution is 2.36. The van der Waals surface area contributed by atoms with Crippen molar-refractivity contribution in [1.82, 2.24) is 10.6 Å². The Balaban J connectivity index is 1.94. The van der Waals surface area contributed by atoms with Crippen molar-refractivity contribution in [2.24, 2.45) is 5.92 Å². The molecule has 0 spiro atoms. The summed E-state index contributed by atoms with van der Waals surface area (Å²) in [5, 5.41) is 9.89. The van der Waals surface area contributed by atoms with Gasteiger partial charge in [0, 0.05) is 5.70 Å². The molecular weight excluding hydrogens is 422 g/mol. The number of thiocarbonyl (C=S) groups is 1. The Kier molecular flexibility index (Phi) is 7.18. The maximum Gasteiger partial charge on any atom is 0.235 e. The van der Waals surface area contributed by atoms with Crippen molar-refractivity contribution in [3.8, 4) is 11.5 Å². The molecule has 1 saturated heterocycles. The van der Waals surface area contributed by atoms with E-state index in [0.717, 1.165) is 5.56 Å². The normalized spacial score (nSPS) is 18.2. The third-order valence-corrected chi connectivity index (χ3v) is 5.16. The van der Waals surface area contributed by atoms with Crippen LogP contribution in [-0.4, -0.2) is 24.2 Å². The van der Waals surface area contributed by atoms with Crippen molar-refractivity contribution in [2.75, 3.05) is 18.5 Å². The second-order valence-corrected chi connectivity index (χ2v) is 7.44. The SMILES string of the molecule is C=C1NC(=S)N[C@H](c2ccc(OCC)c(OCC)c2)[C@@H]1C(=O)Nc1ccccc1Cl. The molecule has 30 heavy (non-hydrogen) atoms. The molecule has 2 aromatic rings. The van der Waals surface area contributed by atoms with Gasteiger partial charge in [0.25, 0.3) is 0 Å². The van der Waals surface area contributed by atoms with Gasteiger partial charge in [-0.2, -0.15) is 0 Å². The van der Waals surface area contributed by atoms with Crippen molar-refractivity contribution in [3.63, 3.8) is 0 Å². The van der Waals surface area contributed by atoms with E-state index in [1.165, 1.54) is 0 Å². The summed E-state index contributed by atoms with van der Waals surface area (Å²) in [5.41, 5.74) is 1.86. The summed E-state index contributed by atoms with van der Waals surface area (Å²) in [4.78, 5) is 13.2. The first kappa shape index (κ1) is 21.9. The van der Waals surface area contributed by atoms with Gasteiger partial charge in [-0.1, -0.05) is 36.4 Å². The van der Waals surface area contributed by atoms with Crippen LogP contribution in [0.1, 0.15) is 25.5 Å². The average molecular weight is 446 g/mol. The summed E-state index contributed by atoms with van der Waals surface area (Å²) in [5.74, 6) is 0.363. The fourth-order valence-electron chi connectivity index (χ4n) is 3.31. The zero-order chi connectivity index (χ0) is 21.7. The number of carbonyl (C=O) groups is 1. The molecule has 158 valence electrons. The Hall–Kier alpha value is -2.77. The van der Waals surface area contributed by atoms with Crippen molar-refractivity contribution in [2.45, 2.75) is 19.9 Å². The monoisotopic (exact) mass is 445 g/mol. The van der Waals surface area contributed by atoms with Crippen molar-refractivity contribution >= 4 is 40.5 Å². The lowest BCUT2D eigenvalue weighted by atomic mass is 9.88. The van der Waals surface area contributed by atoms with E-state index in [1.54, 1.807) is 24.3 Å². The highest BCUT2D eigenvalue weighted by molar-refractivity contribution is 7.80. The molecule has 6 nitrogen and oxygen atoms in total. The summed E-state index contributed by atoms with van der Waals surface area (Å²) in [6.07, 6.45) is 0. The van der Waals surface area contributed by atoms with Crippen LogP contribution >= 0.6 is 23.8 Å². The molecule has 0 bridgehead atoms. The second-order valence-electron chi connectivity index (χ2n) is 6.62. The van der Waals surface area contributed by atoms with E-state index in [0.29, 0.717) is 46.2 Å². The Morgan fingerprint density at radius 1 is 1.17 bits per heavy atom. The van der Waals surface area contributed by atoms with Gasteiger partial charge in [-0.3, -0.25) is 4.79 Å². The first-order valence-electron chi connectivity index (χ1n) is 9.65. The van der Waals surface area contributed by atoms with Gasteiger partial charge in [0.15, 0.2) is 16.6 Å². The van der Waals surface area contributed by atoms with Crippen LogP contribution in [0.25, 0.3) is 0 Å². The number of hydrogen-bond donors (Lipinski definition) is 3. The number of rotatable bonds is 7. The molecule has 0 radical (unpaired) electrons. The van der Waals surface area contributed by atoms with Gasteiger partial charge in [-0.25, -0.2) is 0 Å². The predicted molar refractivity (Wildman–Crippen MR) is 123 cm³/mol. The number of carbonyl (C=O) groups excluding carboxylic acids is 1. The standard InChI is InChI=1S/C22H24ClN3O3S/c1-4-28-17-11-10-14(12-18(17)29-5-2)20-19(13(3)24-22(30)26-20)21(27)25-16-9-7-6-8-15(16)23/h6-12,19-20H,3-5H2,1-2H3,(H,25,27)(H2,24,26,30)/t19-,20-/m1/s1.